The van der Waals surface area contributed by atoms with Crippen molar-refractivity contribution >= 4 is 12.0 Å². The number of hydrogen-bond acceptors (Lipinski definition) is 6. The molecule has 0 unspecified atom stereocenters. The van der Waals surface area contributed by atoms with Crippen molar-refractivity contribution in [2.24, 2.45) is 5.92 Å². The van der Waals surface area contributed by atoms with Crippen LogP contribution in [-0.4, -0.2) is 53.7 Å². The normalized spacial score (nSPS) is 18.0. The molecule has 2 aromatic carbocycles. The Labute approximate surface area is 199 Å². The number of nitrogens with zero attached hydrogens (tertiary/aromatic N) is 4. The number of halogens is 4. The summed E-state index contributed by atoms with van der Waals surface area (Å²) in [6, 6.07) is 11.4. The molecule has 0 amide bonds. The quantitative estimate of drug-likeness (QED) is 0.360. The fourth-order valence-electron chi connectivity index (χ4n) is 4.56. The molecule has 35 heavy (non-hydrogen) atoms. The van der Waals surface area contributed by atoms with Gasteiger partial charge in [-0.1, -0.05) is 17.3 Å². The molecule has 3 heterocycles. The smallest absolute Gasteiger partial charge is 0.371 e. The van der Waals surface area contributed by atoms with Crippen LogP contribution < -0.4 is 4.90 Å². The molecular formula is C25H24F4N4O2. The lowest BCUT2D eigenvalue weighted by Gasteiger charge is -2.36. The molecule has 6 nitrogen and oxygen atoms in total. The van der Waals surface area contributed by atoms with Crippen molar-refractivity contribution in [3.63, 3.8) is 0 Å². The van der Waals surface area contributed by atoms with Crippen LogP contribution in [0.5, 0.6) is 0 Å². The summed E-state index contributed by atoms with van der Waals surface area (Å²) in [5, 5.41) is 3.89. The number of carbonyl (C=O) groups is 1. The fourth-order valence-corrected chi connectivity index (χ4v) is 4.56. The zero-order valence-corrected chi connectivity index (χ0v) is 18.8. The highest BCUT2D eigenvalue weighted by molar-refractivity contribution is 5.67. The Kier molecular flexibility index (Phi) is 6.31. The van der Waals surface area contributed by atoms with Gasteiger partial charge in [-0.25, -0.2) is 4.39 Å². The van der Waals surface area contributed by atoms with Gasteiger partial charge in [-0.3, -0.25) is 4.90 Å². The van der Waals surface area contributed by atoms with Crippen LogP contribution in [0.3, 0.4) is 0 Å². The van der Waals surface area contributed by atoms with Crippen molar-refractivity contribution in [1.29, 1.82) is 0 Å². The number of piperidine rings is 1. The lowest BCUT2D eigenvalue weighted by molar-refractivity contribution is -0.137. The van der Waals surface area contributed by atoms with Gasteiger partial charge in [-0.2, -0.15) is 18.2 Å². The number of anilines is 1. The Balaban J connectivity index is 1.33. The molecule has 0 N–H and O–H groups in total. The fraction of sp³-hybridized carbons (Fsp3) is 0.400. The van der Waals surface area contributed by atoms with E-state index in [0.29, 0.717) is 5.56 Å². The number of aldehydes is 1. The molecule has 0 atom stereocenters. The lowest BCUT2D eigenvalue weighted by atomic mass is 10.0. The van der Waals surface area contributed by atoms with Crippen molar-refractivity contribution in [2.75, 3.05) is 31.1 Å². The number of rotatable bonds is 6. The van der Waals surface area contributed by atoms with Crippen LogP contribution in [0.2, 0.25) is 0 Å². The molecule has 5 rings (SSSR count). The summed E-state index contributed by atoms with van der Waals surface area (Å²) in [6.07, 6.45) is -4.15. The first-order chi connectivity index (χ1) is 16.8. The van der Waals surface area contributed by atoms with Crippen molar-refractivity contribution < 1.29 is 26.9 Å². The molecule has 10 heteroatoms. The standard InChI is InChI=1S/C25H24F4N4O2/c26-20-7-9-33(10-8-20)22-6-5-19(11-21(22)25(27,28)29)23-30-24(35-31-23)18-3-1-16(2-4-18)12-32-13-17(14-32)15-34/h1-6,11,15,17,20H,7-10,12-14H2. The molecule has 0 aliphatic carbocycles. The Hall–Kier alpha value is -3.27. The molecular weight excluding hydrogens is 464 g/mol. The molecule has 2 aliphatic heterocycles. The number of alkyl halides is 4. The highest BCUT2D eigenvalue weighted by Gasteiger charge is 2.36. The van der Waals surface area contributed by atoms with Crippen molar-refractivity contribution in [3.05, 3.63) is 53.6 Å². The summed E-state index contributed by atoms with van der Waals surface area (Å²) in [4.78, 5) is 18.8. The number of hydrogen-bond donors (Lipinski definition) is 0. The highest BCUT2D eigenvalue weighted by Crippen LogP contribution is 2.40. The Morgan fingerprint density at radius 1 is 1.03 bits per heavy atom. The van der Waals surface area contributed by atoms with E-state index in [2.05, 4.69) is 15.0 Å². The van der Waals surface area contributed by atoms with Crippen LogP contribution in [0, 0.1) is 5.92 Å². The maximum Gasteiger partial charge on any atom is 0.418 e. The molecule has 3 aromatic rings. The molecule has 184 valence electrons. The van der Waals surface area contributed by atoms with Crippen LogP contribution in [0.1, 0.15) is 24.0 Å². The van der Waals surface area contributed by atoms with E-state index in [1.54, 1.807) is 4.90 Å². The van der Waals surface area contributed by atoms with E-state index >= 15 is 0 Å². The van der Waals surface area contributed by atoms with Gasteiger partial charge < -0.3 is 14.2 Å². The highest BCUT2D eigenvalue weighted by atomic mass is 19.4. The first kappa shape index (κ1) is 23.5. The number of carbonyl (C=O) groups excluding carboxylic acids is 1. The topological polar surface area (TPSA) is 62.5 Å². The summed E-state index contributed by atoms with van der Waals surface area (Å²) in [6.45, 7) is 2.72. The average Bonchev–Trinajstić information content (AvgIpc) is 3.31. The summed E-state index contributed by atoms with van der Waals surface area (Å²) in [5.41, 5.74) is 1.15. The zero-order chi connectivity index (χ0) is 24.6. The molecule has 2 saturated heterocycles. The Bertz CT molecular complexity index is 1180. The van der Waals surface area contributed by atoms with E-state index < -0.39 is 17.9 Å². The van der Waals surface area contributed by atoms with Crippen LogP contribution in [0.25, 0.3) is 22.8 Å². The summed E-state index contributed by atoms with van der Waals surface area (Å²) < 4.78 is 60.4. The van der Waals surface area contributed by atoms with Crippen molar-refractivity contribution in [2.45, 2.75) is 31.7 Å². The Morgan fingerprint density at radius 2 is 1.71 bits per heavy atom. The first-order valence-electron chi connectivity index (χ1n) is 11.5. The van der Waals surface area contributed by atoms with Gasteiger partial charge in [0.1, 0.15) is 12.5 Å². The van der Waals surface area contributed by atoms with Crippen molar-refractivity contribution in [3.8, 4) is 22.8 Å². The average molecular weight is 488 g/mol. The number of likely N-dealkylation sites (tertiary alicyclic amines) is 1. The largest absolute Gasteiger partial charge is 0.418 e. The molecule has 0 radical (unpaired) electrons. The monoisotopic (exact) mass is 488 g/mol. The minimum atomic E-state index is -4.58. The van der Waals surface area contributed by atoms with E-state index in [9.17, 15) is 22.4 Å². The van der Waals surface area contributed by atoms with Gasteiger partial charge in [0.25, 0.3) is 5.89 Å². The third kappa shape index (κ3) is 5.07. The van der Waals surface area contributed by atoms with Gasteiger partial charge in [-0.15, -0.1) is 0 Å². The zero-order valence-electron chi connectivity index (χ0n) is 18.8. The first-order valence-corrected chi connectivity index (χ1v) is 11.5. The summed E-state index contributed by atoms with van der Waals surface area (Å²) >= 11 is 0. The number of aromatic nitrogens is 2. The maximum atomic E-state index is 13.9. The van der Waals surface area contributed by atoms with Gasteiger partial charge in [0.05, 0.1) is 5.56 Å². The van der Waals surface area contributed by atoms with E-state index in [-0.39, 0.29) is 54.8 Å². The van der Waals surface area contributed by atoms with E-state index in [1.807, 2.05) is 24.3 Å². The minimum absolute atomic E-state index is 0.0362. The van der Waals surface area contributed by atoms with Gasteiger partial charge in [0, 0.05) is 55.5 Å². The lowest BCUT2D eigenvalue weighted by Crippen LogP contribution is -2.46. The molecule has 2 aliphatic rings. The number of benzene rings is 2. The summed E-state index contributed by atoms with van der Waals surface area (Å²) in [7, 11) is 0. The van der Waals surface area contributed by atoms with Crippen LogP contribution in [0.4, 0.5) is 23.2 Å². The van der Waals surface area contributed by atoms with E-state index in [0.717, 1.165) is 37.6 Å². The minimum Gasteiger partial charge on any atom is -0.371 e. The van der Waals surface area contributed by atoms with Crippen LogP contribution in [0.15, 0.2) is 47.0 Å². The van der Waals surface area contributed by atoms with E-state index in [4.69, 9.17) is 4.52 Å². The predicted molar refractivity (Wildman–Crippen MR) is 121 cm³/mol. The SMILES string of the molecule is O=CC1CN(Cc2ccc(-c3nc(-c4ccc(N5CCC(F)CC5)c(C(F)(F)F)c4)no3)cc2)C1. The van der Waals surface area contributed by atoms with Crippen molar-refractivity contribution in [1.82, 2.24) is 15.0 Å². The second-order valence-electron chi connectivity index (χ2n) is 9.10. The van der Waals surface area contributed by atoms with Gasteiger partial charge in [-0.05, 0) is 48.7 Å². The third-order valence-electron chi connectivity index (χ3n) is 6.54. The Morgan fingerprint density at radius 3 is 2.37 bits per heavy atom. The molecule has 1 aromatic heterocycles. The molecule has 2 fully saturated rings. The third-order valence-corrected chi connectivity index (χ3v) is 6.54. The molecule has 0 saturated carbocycles. The van der Waals surface area contributed by atoms with Gasteiger partial charge in [0.2, 0.25) is 5.82 Å². The maximum absolute atomic E-state index is 13.9. The van der Waals surface area contributed by atoms with Crippen LogP contribution >= 0.6 is 0 Å². The van der Waals surface area contributed by atoms with Crippen LogP contribution in [-0.2, 0) is 17.5 Å². The summed E-state index contributed by atoms with van der Waals surface area (Å²) in [5.74, 6) is 0.378. The second kappa shape index (κ2) is 9.41. The molecule has 0 bridgehead atoms. The van der Waals surface area contributed by atoms with E-state index in [1.165, 1.54) is 12.1 Å². The van der Waals surface area contributed by atoms with Gasteiger partial charge in [0.15, 0.2) is 0 Å². The van der Waals surface area contributed by atoms with Gasteiger partial charge >= 0.3 is 6.18 Å². The predicted octanol–water partition coefficient (Wildman–Crippen LogP) is 4.99. The molecule has 0 spiro atoms. The second-order valence-corrected chi connectivity index (χ2v) is 9.10.